The van der Waals surface area contributed by atoms with E-state index in [-0.39, 0.29) is 31.0 Å². The molecular formula is H3NaO5SZr. The van der Waals surface area contributed by atoms with Crippen molar-refractivity contribution >= 4 is 10.4 Å². The molecule has 0 aromatic heterocycles. The second-order valence-electron chi connectivity index (χ2n) is 0.448. The molecule has 2 N–H and O–H groups in total. The second kappa shape index (κ2) is 8.55. The standard InChI is InChI=1S/Na.H2O4S.O.Zr.H/c;1-5(2,3)4;;;/h;(H2,1,2,3,4);;;/q+1;;;;-1. The van der Waals surface area contributed by atoms with Crippen LogP contribution >= 0.6 is 0 Å². The third kappa shape index (κ3) is 134. The molecule has 0 aromatic rings. The molecule has 0 saturated heterocycles. The van der Waals surface area contributed by atoms with E-state index in [9.17, 15) is 0 Å². The summed E-state index contributed by atoms with van der Waals surface area (Å²) < 4.78 is 39.9. The van der Waals surface area contributed by atoms with Crippen molar-refractivity contribution in [1.82, 2.24) is 0 Å². The van der Waals surface area contributed by atoms with Crippen molar-refractivity contribution in [3.05, 3.63) is 0 Å². The molecule has 0 rings (SSSR count). The second-order valence-corrected chi connectivity index (χ2v) is 1.34. The van der Waals surface area contributed by atoms with Crippen LogP contribution in [0.4, 0.5) is 0 Å². The molecule has 44 valence electrons. The predicted octanol–water partition coefficient (Wildman–Crippen LogP) is -3.66. The van der Waals surface area contributed by atoms with E-state index in [0.717, 1.165) is 0 Å². The van der Waals surface area contributed by atoms with Crippen LogP contribution < -0.4 is 29.6 Å². The van der Waals surface area contributed by atoms with Crippen LogP contribution in [0.25, 0.3) is 0 Å². The Morgan fingerprint density at radius 3 is 1.25 bits per heavy atom. The summed E-state index contributed by atoms with van der Waals surface area (Å²) in [5, 5.41) is 0. The van der Waals surface area contributed by atoms with E-state index in [4.69, 9.17) is 20.3 Å². The summed E-state index contributed by atoms with van der Waals surface area (Å²) in [6.45, 7) is 0. The zero-order valence-corrected chi connectivity index (χ0v) is 9.30. The monoisotopic (exact) mass is 228 g/mol. The summed E-state index contributed by atoms with van der Waals surface area (Å²) in [5.74, 6) is 0. The van der Waals surface area contributed by atoms with Crippen LogP contribution in [-0.2, 0) is 37.9 Å². The van der Waals surface area contributed by atoms with Crippen LogP contribution in [0.5, 0.6) is 0 Å². The first-order valence-corrected chi connectivity index (χ1v) is 3.30. The van der Waals surface area contributed by atoms with Gasteiger partial charge in [0.2, 0.25) is 0 Å². The van der Waals surface area contributed by atoms with Gasteiger partial charge >= 0.3 is 67.5 Å². The molecule has 0 unspecified atom stereocenters. The van der Waals surface area contributed by atoms with Crippen LogP contribution in [0.3, 0.4) is 0 Å². The fourth-order valence-electron chi connectivity index (χ4n) is 0. The van der Waals surface area contributed by atoms with E-state index in [1.165, 1.54) is 0 Å². The molecule has 0 fully saturated rings. The Hall–Kier alpha value is 1.55. The molecule has 0 saturated carbocycles. The average Bonchev–Trinajstić information content (AvgIpc) is 1.36. The molecule has 0 aliphatic carbocycles. The van der Waals surface area contributed by atoms with Gasteiger partial charge in [0.15, 0.2) is 0 Å². The van der Waals surface area contributed by atoms with Crippen molar-refractivity contribution in [3.8, 4) is 0 Å². The average molecular weight is 229 g/mol. The molecule has 0 spiro atoms. The van der Waals surface area contributed by atoms with Gasteiger partial charge in [-0.15, -0.1) is 0 Å². The van der Waals surface area contributed by atoms with Gasteiger partial charge in [0, 0.05) is 0 Å². The topological polar surface area (TPSA) is 91.7 Å². The van der Waals surface area contributed by atoms with Crippen molar-refractivity contribution < 1.29 is 76.0 Å². The van der Waals surface area contributed by atoms with Crippen LogP contribution in [0.15, 0.2) is 0 Å². The van der Waals surface area contributed by atoms with E-state index in [2.05, 4.69) is 0 Å². The van der Waals surface area contributed by atoms with Crippen molar-refractivity contribution in [2.45, 2.75) is 0 Å². The maximum absolute atomic E-state index is 8.74. The van der Waals surface area contributed by atoms with Crippen molar-refractivity contribution in [3.63, 3.8) is 0 Å². The zero-order valence-electron chi connectivity index (χ0n) is 5.03. The third-order valence-electron chi connectivity index (χ3n) is 0. The summed E-state index contributed by atoms with van der Waals surface area (Å²) in [5.41, 5.74) is 0. The number of rotatable bonds is 0. The first-order valence-electron chi connectivity index (χ1n) is 0.903. The fraction of sp³-hybridized carbons (Fsp3) is 0. The van der Waals surface area contributed by atoms with Gasteiger partial charge in [0.25, 0.3) is 0 Å². The van der Waals surface area contributed by atoms with Gasteiger partial charge in [-0.2, -0.15) is 8.42 Å². The predicted molar refractivity (Wildman–Crippen MR) is 16.0 cm³/mol. The van der Waals surface area contributed by atoms with Crippen LogP contribution in [0.1, 0.15) is 1.43 Å². The van der Waals surface area contributed by atoms with Crippen LogP contribution in [0, 0.1) is 0 Å². The molecular weight excluding hydrogens is 226 g/mol. The van der Waals surface area contributed by atoms with Crippen LogP contribution in [0.2, 0.25) is 0 Å². The first-order chi connectivity index (χ1) is 3.00. The van der Waals surface area contributed by atoms with Crippen molar-refractivity contribution in [2.24, 2.45) is 0 Å². The molecule has 8 heavy (non-hydrogen) atoms. The first kappa shape index (κ1) is 16.3. The molecule has 0 amide bonds. The Labute approximate surface area is 85.5 Å². The van der Waals surface area contributed by atoms with Gasteiger partial charge in [-0.3, -0.25) is 9.11 Å². The minimum atomic E-state index is -4.67. The molecule has 5 nitrogen and oxygen atoms in total. The van der Waals surface area contributed by atoms with Gasteiger partial charge in [0.05, 0.1) is 0 Å². The Morgan fingerprint density at radius 1 is 1.25 bits per heavy atom. The van der Waals surface area contributed by atoms with E-state index < -0.39 is 10.4 Å². The summed E-state index contributed by atoms with van der Waals surface area (Å²) in [6, 6.07) is 0. The van der Waals surface area contributed by atoms with Crippen molar-refractivity contribution in [2.75, 3.05) is 0 Å². The Bertz CT molecular complexity index is 111. The molecule has 0 atom stereocenters. The minimum absolute atomic E-state index is 0. The van der Waals surface area contributed by atoms with Gasteiger partial charge in [-0.05, 0) is 0 Å². The maximum atomic E-state index is 8.74. The summed E-state index contributed by atoms with van der Waals surface area (Å²) in [4.78, 5) is 0. The van der Waals surface area contributed by atoms with Gasteiger partial charge < -0.3 is 1.43 Å². The SMILES string of the molecule is O=S(=O)(O)O.[H-].[Na+].[O]=[Zr]. The summed E-state index contributed by atoms with van der Waals surface area (Å²) in [6.07, 6.45) is 0. The van der Waals surface area contributed by atoms with Gasteiger partial charge in [-0.25, -0.2) is 0 Å². The molecule has 0 radical (unpaired) electrons. The molecule has 0 aliphatic rings. The Balaban J connectivity index is -0.0000000286. The summed E-state index contributed by atoms with van der Waals surface area (Å²) >= 11 is 0.300. The van der Waals surface area contributed by atoms with Gasteiger partial charge in [0.1, 0.15) is 0 Å². The normalized spacial score (nSPS) is 7.62. The van der Waals surface area contributed by atoms with E-state index >= 15 is 0 Å². The zero-order chi connectivity index (χ0) is 6.50. The quantitative estimate of drug-likeness (QED) is 0.330. The molecule has 8 heteroatoms. The Kier molecular flexibility index (Phi) is 17.4. The van der Waals surface area contributed by atoms with E-state index in [1.807, 2.05) is 0 Å². The van der Waals surface area contributed by atoms with Gasteiger partial charge in [-0.1, -0.05) is 0 Å². The van der Waals surface area contributed by atoms with E-state index in [0.29, 0.717) is 24.7 Å². The summed E-state index contributed by atoms with van der Waals surface area (Å²) in [7, 11) is -4.67. The number of hydrogen-bond acceptors (Lipinski definition) is 3. The Morgan fingerprint density at radius 2 is 1.25 bits per heavy atom. The molecule has 0 heterocycles. The molecule has 0 aliphatic heterocycles. The number of hydrogen-bond donors (Lipinski definition) is 2. The molecule has 0 bridgehead atoms. The van der Waals surface area contributed by atoms with Crippen molar-refractivity contribution in [1.29, 1.82) is 0 Å². The fourth-order valence-corrected chi connectivity index (χ4v) is 0. The molecule has 0 aromatic carbocycles. The van der Waals surface area contributed by atoms with Crippen LogP contribution in [-0.4, -0.2) is 17.5 Å². The third-order valence-corrected chi connectivity index (χ3v) is 0. The van der Waals surface area contributed by atoms with E-state index in [1.54, 1.807) is 0 Å².